The van der Waals surface area contributed by atoms with Gasteiger partial charge in [0.1, 0.15) is 0 Å². The number of nitrogens with one attached hydrogen (secondary N) is 1. The Morgan fingerprint density at radius 2 is 2.36 bits per heavy atom. The quantitative estimate of drug-likeness (QED) is 0.866. The van der Waals surface area contributed by atoms with Gasteiger partial charge < -0.3 is 11.1 Å². The Hall–Kier alpha value is 0.1000. The smallest absolute Gasteiger partial charge is 0.0702 e. The van der Waals surface area contributed by atoms with E-state index in [2.05, 4.69) is 33.4 Å². The maximum absolute atomic E-state index is 5.75. The number of rotatable bonds is 5. The van der Waals surface area contributed by atoms with Crippen LogP contribution in [0.1, 0.15) is 23.8 Å². The summed E-state index contributed by atoms with van der Waals surface area (Å²) in [7, 11) is 0. The average molecular weight is 275 g/mol. The molecule has 1 aromatic rings. The molecule has 78 valence electrons. The zero-order valence-electron chi connectivity index (χ0n) is 8.00. The van der Waals surface area contributed by atoms with Crippen molar-refractivity contribution in [3.05, 3.63) is 20.8 Å². The first-order chi connectivity index (χ1) is 6.79. The second-order valence-corrected chi connectivity index (χ2v) is 6.28. The Labute approximate surface area is 97.0 Å². The second kappa shape index (κ2) is 4.75. The zero-order valence-corrected chi connectivity index (χ0v) is 10.4. The monoisotopic (exact) mass is 274 g/mol. The van der Waals surface area contributed by atoms with Crippen molar-refractivity contribution in [1.82, 2.24) is 5.32 Å². The molecule has 14 heavy (non-hydrogen) atoms. The third-order valence-electron chi connectivity index (χ3n) is 2.52. The lowest BCUT2D eigenvalue weighted by atomic mass is 10.2. The average Bonchev–Trinajstić information content (AvgIpc) is 2.90. The molecule has 0 aliphatic heterocycles. The Bertz CT molecular complexity index is 296. The summed E-state index contributed by atoms with van der Waals surface area (Å²) in [5.74, 6) is 0.910. The van der Waals surface area contributed by atoms with Gasteiger partial charge in [-0.3, -0.25) is 0 Å². The molecule has 1 heterocycles. The summed E-state index contributed by atoms with van der Waals surface area (Å²) in [6, 6.07) is 4.57. The van der Waals surface area contributed by atoms with Gasteiger partial charge >= 0.3 is 0 Å². The van der Waals surface area contributed by atoms with Gasteiger partial charge in [-0.05, 0) is 53.4 Å². The topological polar surface area (TPSA) is 38.0 Å². The van der Waals surface area contributed by atoms with Crippen LogP contribution in [0, 0.1) is 5.92 Å². The van der Waals surface area contributed by atoms with Gasteiger partial charge in [-0.25, -0.2) is 0 Å². The lowest BCUT2D eigenvalue weighted by Crippen LogP contribution is -2.29. The van der Waals surface area contributed by atoms with Gasteiger partial charge in [-0.1, -0.05) is 0 Å². The van der Waals surface area contributed by atoms with Crippen LogP contribution < -0.4 is 11.1 Å². The lowest BCUT2D eigenvalue weighted by Gasteiger charge is -2.14. The van der Waals surface area contributed by atoms with Gasteiger partial charge in [0.05, 0.1) is 9.83 Å². The number of nitrogens with two attached hydrogens (primary N) is 1. The zero-order chi connectivity index (χ0) is 9.97. The van der Waals surface area contributed by atoms with Gasteiger partial charge in [0.2, 0.25) is 0 Å². The van der Waals surface area contributed by atoms with E-state index in [1.807, 2.05) is 0 Å². The molecule has 1 atom stereocenters. The van der Waals surface area contributed by atoms with Gasteiger partial charge in [-0.15, -0.1) is 11.3 Å². The highest BCUT2D eigenvalue weighted by Crippen LogP contribution is 2.30. The molecule has 0 saturated heterocycles. The molecule has 1 aliphatic rings. The van der Waals surface area contributed by atoms with Crippen LogP contribution in [0.25, 0.3) is 0 Å². The SMILES string of the molecule is NCC(NCC1CC1)c1ccc(Br)s1. The lowest BCUT2D eigenvalue weighted by molar-refractivity contribution is 0.529. The van der Waals surface area contributed by atoms with Crippen molar-refractivity contribution in [3.63, 3.8) is 0 Å². The van der Waals surface area contributed by atoms with Gasteiger partial charge in [0.25, 0.3) is 0 Å². The number of halogens is 1. The van der Waals surface area contributed by atoms with Crippen molar-refractivity contribution in [3.8, 4) is 0 Å². The third kappa shape index (κ3) is 2.79. The summed E-state index contributed by atoms with van der Waals surface area (Å²) in [4.78, 5) is 1.33. The highest BCUT2D eigenvalue weighted by atomic mass is 79.9. The summed E-state index contributed by atoms with van der Waals surface area (Å²) in [5.41, 5.74) is 5.75. The number of hydrogen-bond donors (Lipinski definition) is 2. The molecule has 0 aromatic carbocycles. The minimum atomic E-state index is 0.340. The fraction of sp³-hybridized carbons (Fsp3) is 0.600. The summed E-state index contributed by atoms with van der Waals surface area (Å²) in [6.07, 6.45) is 2.77. The summed E-state index contributed by atoms with van der Waals surface area (Å²) >= 11 is 5.24. The molecular weight excluding hydrogens is 260 g/mol. The summed E-state index contributed by atoms with van der Waals surface area (Å²) in [6.45, 7) is 1.80. The molecule has 1 aliphatic carbocycles. The molecule has 4 heteroatoms. The molecule has 0 spiro atoms. The van der Waals surface area contributed by atoms with E-state index in [9.17, 15) is 0 Å². The fourth-order valence-corrected chi connectivity index (χ4v) is 2.96. The molecule has 1 fully saturated rings. The molecule has 0 bridgehead atoms. The van der Waals surface area contributed by atoms with Crippen LogP contribution in [-0.4, -0.2) is 13.1 Å². The van der Waals surface area contributed by atoms with Crippen LogP contribution in [0.5, 0.6) is 0 Å². The molecule has 0 amide bonds. The molecule has 1 saturated carbocycles. The van der Waals surface area contributed by atoms with E-state index in [4.69, 9.17) is 5.73 Å². The largest absolute Gasteiger partial charge is 0.329 e. The molecule has 2 rings (SSSR count). The molecule has 1 aromatic heterocycles. The Kier molecular flexibility index (Phi) is 3.60. The fourth-order valence-electron chi connectivity index (χ4n) is 1.45. The van der Waals surface area contributed by atoms with Crippen molar-refractivity contribution >= 4 is 27.3 Å². The van der Waals surface area contributed by atoms with Crippen LogP contribution in [0.15, 0.2) is 15.9 Å². The molecule has 1 unspecified atom stereocenters. The van der Waals surface area contributed by atoms with E-state index >= 15 is 0 Å². The van der Waals surface area contributed by atoms with Gasteiger partial charge in [-0.2, -0.15) is 0 Å². The highest BCUT2D eigenvalue weighted by molar-refractivity contribution is 9.11. The van der Waals surface area contributed by atoms with Crippen molar-refractivity contribution in [2.45, 2.75) is 18.9 Å². The van der Waals surface area contributed by atoms with E-state index in [1.54, 1.807) is 11.3 Å². The standard InChI is InChI=1S/C10H15BrN2S/c11-10-4-3-9(14-10)8(5-12)13-6-7-1-2-7/h3-4,7-8,13H,1-2,5-6,12H2. The van der Waals surface area contributed by atoms with Crippen molar-refractivity contribution in [2.24, 2.45) is 11.7 Å². The first kappa shape index (κ1) is 10.6. The van der Waals surface area contributed by atoms with Crippen molar-refractivity contribution in [1.29, 1.82) is 0 Å². The van der Waals surface area contributed by atoms with Crippen molar-refractivity contribution < 1.29 is 0 Å². The second-order valence-electron chi connectivity index (χ2n) is 3.78. The molecular formula is C10H15BrN2S. The van der Waals surface area contributed by atoms with Gasteiger partial charge in [0, 0.05) is 11.4 Å². The maximum Gasteiger partial charge on any atom is 0.0702 e. The first-order valence-corrected chi connectivity index (χ1v) is 6.59. The number of hydrogen-bond acceptors (Lipinski definition) is 3. The van der Waals surface area contributed by atoms with E-state index in [0.717, 1.165) is 12.5 Å². The van der Waals surface area contributed by atoms with Crippen LogP contribution in [0.4, 0.5) is 0 Å². The summed E-state index contributed by atoms with van der Waals surface area (Å²) in [5, 5.41) is 3.53. The van der Waals surface area contributed by atoms with Crippen LogP contribution in [0.3, 0.4) is 0 Å². The van der Waals surface area contributed by atoms with Crippen LogP contribution >= 0.6 is 27.3 Å². The Morgan fingerprint density at radius 1 is 1.57 bits per heavy atom. The van der Waals surface area contributed by atoms with E-state index in [-0.39, 0.29) is 0 Å². The normalized spacial score (nSPS) is 18.4. The Morgan fingerprint density at radius 3 is 2.86 bits per heavy atom. The van der Waals surface area contributed by atoms with E-state index in [1.165, 1.54) is 21.5 Å². The third-order valence-corrected chi connectivity index (χ3v) is 4.26. The molecule has 3 N–H and O–H groups in total. The van der Waals surface area contributed by atoms with E-state index < -0.39 is 0 Å². The van der Waals surface area contributed by atoms with Crippen molar-refractivity contribution in [2.75, 3.05) is 13.1 Å². The highest BCUT2D eigenvalue weighted by Gasteiger charge is 2.22. The van der Waals surface area contributed by atoms with Crippen LogP contribution in [-0.2, 0) is 0 Å². The maximum atomic E-state index is 5.75. The Balaban J connectivity index is 1.90. The predicted molar refractivity (Wildman–Crippen MR) is 64.5 cm³/mol. The minimum absolute atomic E-state index is 0.340. The number of thiophene rings is 1. The molecule has 0 radical (unpaired) electrons. The van der Waals surface area contributed by atoms with Crippen LogP contribution in [0.2, 0.25) is 0 Å². The van der Waals surface area contributed by atoms with Gasteiger partial charge in [0.15, 0.2) is 0 Å². The predicted octanol–water partition coefficient (Wildman–Crippen LogP) is 2.51. The first-order valence-electron chi connectivity index (χ1n) is 4.98. The summed E-state index contributed by atoms with van der Waals surface area (Å²) < 4.78 is 1.18. The minimum Gasteiger partial charge on any atom is -0.329 e. The van der Waals surface area contributed by atoms with E-state index in [0.29, 0.717) is 12.6 Å². The molecule has 2 nitrogen and oxygen atoms in total.